The van der Waals surface area contributed by atoms with Crippen LogP contribution in [0.1, 0.15) is 39.2 Å². The van der Waals surface area contributed by atoms with Crippen molar-refractivity contribution in [3.8, 4) is 0 Å². The lowest BCUT2D eigenvalue weighted by molar-refractivity contribution is 0.0677. The largest absolute Gasteiger partial charge is 0.383 e. The first-order valence-corrected chi connectivity index (χ1v) is 9.95. The first-order chi connectivity index (χ1) is 11.5. The van der Waals surface area contributed by atoms with Crippen LogP contribution in [0.15, 0.2) is 21.8 Å². The van der Waals surface area contributed by atoms with Crippen molar-refractivity contribution in [1.82, 2.24) is 15.5 Å². The van der Waals surface area contributed by atoms with Crippen LogP contribution in [0.4, 0.5) is 0 Å². The van der Waals surface area contributed by atoms with Crippen LogP contribution >= 0.6 is 11.3 Å². The number of nitrogens with one attached hydrogen (secondary N) is 2. The molecule has 0 saturated carbocycles. The molecule has 1 aliphatic rings. The summed E-state index contributed by atoms with van der Waals surface area (Å²) in [6.45, 7) is 11.7. The predicted molar refractivity (Wildman–Crippen MR) is 103 cm³/mol. The fourth-order valence-electron chi connectivity index (χ4n) is 2.86. The third kappa shape index (κ3) is 6.07. The van der Waals surface area contributed by atoms with Gasteiger partial charge in [-0.25, -0.2) is 4.99 Å². The van der Waals surface area contributed by atoms with Crippen LogP contribution in [0.25, 0.3) is 0 Å². The Morgan fingerprint density at radius 1 is 1.42 bits per heavy atom. The number of rotatable bonds is 7. The van der Waals surface area contributed by atoms with Gasteiger partial charge in [-0.3, -0.25) is 0 Å². The van der Waals surface area contributed by atoms with E-state index in [2.05, 4.69) is 34.4 Å². The normalized spacial score (nSPS) is 19.9. The van der Waals surface area contributed by atoms with E-state index < -0.39 is 5.60 Å². The zero-order valence-corrected chi connectivity index (χ0v) is 16.0. The van der Waals surface area contributed by atoms with Crippen LogP contribution in [-0.4, -0.2) is 55.2 Å². The second-order valence-corrected chi connectivity index (χ2v) is 7.71. The van der Waals surface area contributed by atoms with E-state index in [4.69, 9.17) is 0 Å². The topological polar surface area (TPSA) is 59.9 Å². The van der Waals surface area contributed by atoms with Crippen molar-refractivity contribution in [3.63, 3.8) is 0 Å². The molecule has 3 N–H and O–H groups in total. The molecule has 0 spiro atoms. The lowest BCUT2D eigenvalue weighted by atomic mass is 9.99. The quantitative estimate of drug-likeness (QED) is 0.520. The van der Waals surface area contributed by atoms with Crippen LogP contribution in [0, 0.1) is 5.92 Å². The molecule has 0 aromatic carbocycles. The van der Waals surface area contributed by atoms with E-state index in [1.165, 1.54) is 25.9 Å². The smallest absolute Gasteiger partial charge is 0.191 e. The summed E-state index contributed by atoms with van der Waals surface area (Å²) in [7, 11) is 0. The summed E-state index contributed by atoms with van der Waals surface area (Å²) in [5.41, 5.74) is 0.000257. The average molecular weight is 353 g/mol. The first-order valence-electron chi connectivity index (χ1n) is 9.01. The van der Waals surface area contributed by atoms with Crippen molar-refractivity contribution in [2.75, 3.05) is 39.3 Å². The van der Waals surface area contributed by atoms with Crippen LogP contribution in [0.2, 0.25) is 0 Å². The lowest BCUT2D eigenvalue weighted by Gasteiger charge is -2.30. The van der Waals surface area contributed by atoms with Gasteiger partial charge in [0, 0.05) is 19.6 Å². The monoisotopic (exact) mass is 352 g/mol. The third-order valence-electron chi connectivity index (χ3n) is 4.63. The van der Waals surface area contributed by atoms with Gasteiger partial charge in [0.1, 0.15) is 5.60 Å². The Morgan fingerprint density at radius 3 is 2.79 bits per heavy atom. The molecule has 1 fully saturated rings. The van der Waals surface area contributed by atoms with Gasteiger partial charge < -0.3 is 20.6 Å². The van der Waals surface area contributed by atoms with Gasteiger partial charge in [-0.15, -0.1) is 0 Å². The third-order valence-corrected chi connectivity index (χ3v) is 5.31. The zero-order valence-electron chi connectivity index (χ0n) is 15.2. The summed E-state index contributed by atoms with van der Waals surface area (Å²) in [4.78, 5) is 7.08. The fraction of sp³-hybridized carbons (Fsp3) is 0.722. The summed E-state index contributed by atoms with van der Waals surface area (Å²) < 4.78 is 0. The van der Waals surface area contributed by atoms with E-state index in [0.717, 1.165) is 37.1 Å². The molecule has 0 radical (unpaired) electrons. The highest BCUT2D eigenvalue weighted by atomic mass is 32.1. The van der Waals surface area contributed by atoms with Crippen LogP contribution < -0.4 is 10.6 Å². The number of piperidine rings is 1. The minimum atomic E-state index is -0.925. The van der Waals surface area contributed by atoms with E-state index in [1.54, 1.807) is 11.3 Å². The van der Waals surface area contributed by atoms with Gasteiger partial charge in [0.15, 0.2) is 5.96 Å². The molecule has 1 aliphatic heterocycles. The number of thiophene rings is 1. The molecule has 0 aliphatic carbocycles. The molecule has 1 aromatic rings. The maximum Gasteiger partial charge on any atom is 0.191 e. The van der Waals surface area contributed by atoms with Crippen molar-refractivity contribution < 1.29 is 5.11 Å². The van der Waals surface area contributed by atoms with Gasteiger partial charge in [0.25, 0.3) is 0 Å². The molecule has 0 bridgehead atoms. The Kier molecular flexibility index (Phi) is 7.52. The number of likely N-dealkylation sites (tertiary alicyclic amines) is 1. The summed E-state index contributed by atoms with van der Waals surface area (Å²) in [5, 5.41) is 21.2. The summed E-state index contributed by atoms with van der Waals surface area (Å²) in [5.74, 6) is 1.64. The second kappa shape index (κ2) is 9.39. The maximum atomic E-state index is 10.6. The second-order valence-electron chi connectivity index (χ2n) is 6.93. The molecule has 2 heterocycles. The van der Waals surface area contributed by atoms with Crippen LogP contribution in [0.5, 0.6) is 0 Å². The van der Waals surface area contributed by atoms with Crippen molar-refractivity contribution in [2.24, 2.45) is 10.9 Å². The molecule has 24 heavy (non-hydrogen) atoms. The molecule has 5 nitrogen and oxygen atoms in total. The maximum absolute atomic E-state index is 10.6. The average Bonchev–Trinajstić information content (AvgIpc) is 3.10. The van der Waals surface area contributed by atoms with Crippen LogP contribution in [0.3, 0.4) is 0 Å². The number of nitrogens with zero attached hydrogens (tertiary/aromatic N) is 2. The van der Waals surface area contributed by atoms with Gasteiger partial charge in [0.05, 0.1) is 6.54 Å². The van der Waals surface area contributed by atoms with Gasteiger partial charge in [-0.05, 0) is 68.1 Å². The Bertz CT molecular complexity index is 493. The number of aliphatic imine (C=N–C) groups is 1. The van der Waals surface area contributed by atoms with Gasteiger partial charge >= 0.3 is 0 Å². The van der Waals surface area contributed by atoms with E-state index in [9.17, 15) is 5.11 Å². The molecular formula is C18H32N4OS. The minimum Gasteiger partial charge on any atom is -0.383 e. The standard InChI is InChI=1S/C18H32N4OS/c1-4-19-17(20-8-11-22-9-5-15(2)6-10-22)21-14-18(3,23)16-7-12-24-13-16/h7,12-13,15,23H,4-6,8-11,14H2,1-3H3,(H2,19,20,21). The molecule has 136 valence electrons. The Balaban J connectivity index is 1.80. The zero-order chi connectivity index (χ0) is 17.4. The van der Waals surface area contributed by atoms with Gasteiger partial charge in [0.2, 0.25) is 0 Å². The van der Waals surface area contributed by atoms with Gasteiger partial charge in [-0.1, -0.05) is 6.92 Å². The summed E-state index contributed by atoms with van der Waals surface area (Å²) in [6, 6.07) is 1.96. The Labute approximate surface area is 150 Å². The fourth-order valence-corrected chi connectivity index (χ4v) is 3.64. The first kappa shape index (κ1) is 19.2. The predicted octanol–water partition coefficient (Wildman–Crippen LogP) is 2.24. The van der Waals surface area contributed by atoms with Crippen molar-refractivity contribution in [2.45, 2.75) is 39.2 Å². The SMILES string of the molecule is CCNC(=NCC(C)(O)c1ccsc1)NCCN1CCC(C)CC1. The summed E-state index contributed by atoms with van der Waals surface area (Å²) in [6.07, 6.45) is 2.61. The minimum absolute atomic E-state index is 0.348. The molecule has 1 aromatic heterocycles. The van der Waals surface area contributed by atoms with Crippen molar-refractivity contribution in [3.05, 3.63) is 22.4 Å². The highest BCUT2D eigenvalue weighted by Crippen LogP contribution is 2.23. The Hall–Kier alpha value is -1.11. The number of aliphatic hydroxyl groups is 1. The molecule has 1 atom stereocenters. The number of hydrogen-bond donors (Lipinski definition) is 3. The lowest BCUT2D eigenvalue weighted by Crippen LogP contribution is -2.43. The van der Waals surface area contributed by atoms with Crippen LogP contribution in [-0.2, 0) is 5.60 Å². The highest BCUT2D eigenvalue weighted by molar-refractivity contribution is 7.08. The molecule has 1 unspecified atom stereocenters. The molecule has 1 saturated heterocycles. The highest BCUT2D eigenvalue weighted by Gasteiger charge is 2.23. The van der Waals surface area contributed by atoms with Gasteiger partial charge in [-0.2, -0.15) is 11.3 Å². The van der Waals surface area contributed by atoms with E-state index in [0.29, 0.717) is 6.54 Å². The van der Waals surface area contributed by atoms with Crippen molar-refractivity contribution in [1.29, 1.82) is 0 Å². The molecule has 6 heteroatoms. The molecule has 2 rings (SSSR count). The van der Waals surface area contributed by atoms with E-state index in [1.807, 2.05) is 23.8 Å². The van der Waals surface area contributed by atoms with E-state index >= 15 is 0 Å². The molecule has 0 amide bonds. The number of hydrogen-bond acceptors (Lipinski definition) is 4. The van der Waals surface area contributed by atoms with E-state index in [-0.39, 0.29) is 0 Å². The van der Waals surface area contributed by atoms with Crippen molar-refractivity contribution >= 4 is 17.3 Å². The number of guanidine groups is 1. The Morgan fingerprint density at radius 2 is 2.17 bits per heavy atom. The molecular weight excluding hydrogens is 320 g/mol. The summed E-state index contributed by atoms with van der Waals surface area (Å²) >= 11 is 1.60.